The van der Waals surface area contributed by atoms with Gasteiger partial charge in [0.25, 0.3) is 0 Å². The zero-order valence-electron chi connectivity index (χ0n) is 9.95. The van der Waals surface area contributed by atoms with Crippen LogP contribution in [0.4, 0.5) is 0 Å². The summed E-state index contributed by atoms with van der Waals surface area (Å²) in [5.74, 6) is 1.32. The number of methoxy groups -OCH3 is 1. The molecule has 0 saturated heterocycles. The van der Waals surface area contributed by atoms with Crippen molar-refractivity contribution in [3.05, 3.63) is 23.9 Å². The second-order valence-corrected chi connectivity index (χ2v) is 4.01. The summed E-state index contributed by atoms with van der Waals surface area (Å²) in [5, 5.41) is 0. The van der Waals surface area contributed by atoms with E-state index in [9.17, 15) is 0 Å². The third-order valence-corrected chi connectivity index (χ3v) is 2.49. The molecule has 90 valence electrons. The highest BCUT2D eigenvalue weighted by Gasteiger charge is 2.05. The summed E-state index contributed by atoms with van der Waals surface area (Å²) < 4.78 is 5.10. The number of pyridine rings is 1. The highest BCUT2D eigenvalue weighted by Crippen LogP contribution is 2.09. The molecule has 4 heteroatoms. The van der Waals surface area contributed by atoms with Gasteiger partial charge in [0, 0.05) is 25.0 Å². The molecule has 0 fully saturated rings. The van der Waals surface area contributed by atoms with E-state index < -0.39 is 0 Å². The first-order valence-electron chi connectivity index (χ1n) is 5.58. The van der Waals surface area contributed by atoms with E-state index >= 15 is 0 Å². The average molecular weight is 243 g/mol. The molecule has 3 nitrogen and oxygen atoms in total. The zero-order valence-corrected chi connectivity index (χ0v) is 10.7. The molecule has 1 heterocycles. The van der Waals surface area contributed by atoms with Crippen molar-refractivity contribution in [3.8, 4) is 5.88 Å². The normalized spacial score (nSPS) is 10.8. The molecule has 0 amide bonds. The number of hydrogen-bond acceptors (Lipinski definition) is 3. The van der Waals surface area contributed by atoms with Crippen LogP contribution in [0.15, 0.2) is 18.2 Å². The summed E-state index contributed by atoms with van der Waals surface area (Å²) in [6, 6.07) is 5.83. The van der Waals surface area contributed by atoms with Crippen LogP contribution in [0.1, 0.15) is 19.0 Å². The number of halogens is 1. The van der Waals surface area contributed by atoms with E-state index in [1.54, 1.807) is 7.11 Å². The number of nitrogens with zero attached hydrogens (tertiary/aromatic N) is 2. The lowest BCUT2D eigenvalue weighted by atomic mass is 10.3. The van der Waals surface area contributed by atoms with E-state index in [1.165, 1.54) is 0 Å². The van der Waals surface area contributed by atoms with Crippen molar-refractivity contribution in [1.29, 1.82) is 0 Å². The topological polar surface area (TPSA) is 25.4 Å². The third kappa shape index (κ3) is 4.37. The van der Waals surface area contributed by atoms with Gasteiger partial charge < -0.3 is 4.74 Å². The van der Waals surface area contributed by atoms with Gasteiger partial charge in [-0.05, 0) is 19.0 Å². The monoisotopic (exact) mass is 242 g/mol. The van der Waals surface area contributed by atoms with Crippen LogP contribution in [0.5, 0.6) is 5.88 Å². The SMILES string of the molecule is CCCN(CCCl)Cc1cccc(OC)n1. The Hall–Kier alpha value is -0.800. The van der Waals surface area contributed by atoms with E-state index in [2.05, 4.69) is 16.8 Å². The van der Waals surface area contributed by atoms with Gasteiger partial charge in [-0.1, -0.05) is 13.0 Å². The predicted molar refractivity (Wildman–Crippen MR) is 67.1 cm³/mol. The van der Waals surface area contributed by atoms with Crippen LogP contribution >= 0.6 is 11.6 Å². The summed E-state index contributed by atoms with van der Waals surface area (Å²) in [6.07, 6.45) is 1.13. The average Bonchev–Trinajstić information content (AvgIpc) is 2.30. The highest BCUT2D eigenvalue weighted by atomic mass is 35.5. The van der Waals surface area contributed by atoms with Crippen molar-refractivity contribution in [2.75, 3.05) is 26.1 Å². The molecule has 16 heavy (non-hydrogen) atoms. The maximum atomic E-state index is 5.77. The van der Waals surface area contributed by atoms with Crippen LogP contribution in [0, 0.1) is 0 Å². The first-order chi connectivity index (χ1) is 7.80. The van der Waals surface area contributed by atoms with E-state index in [-0.39, 0.29) is 0 Å². The van der Waals surface area contributed by atoms with Crippen molar-refractivity contribution in [2.45, 2.75) is 19.9 Å². The van der Waals surface area contributed by atoms with Gasteiger partial charge in [-0.15, -0.1) is 11.6 Å². The molecule has 0 N–H and O–H groups in total. The lowest BCUT2D eigenvalue weighted by molar-refractivity contribution is 0.277. The van der Waals surface area contributed by atoms with E-state index in [0.29, 0.717) is 11.8 Å². The van der Waals surface area contributed by atoms with E-state index in [1.807, 2.05) is 18.2 Å². The molecule has 0 radical (unpaired) electrons. The number of rotatable bonds is 7. The largest absolute Gasteiger partial charge is 0.481 e. The second kappa shape index (κ2) is 7.47. The molecule has 1 rings (SSSR count). The summed E-state index contributed by atoms with van der Waals surface area (Å²) in [4.78, 5) is 6.69. The second-order valence-electron chi connectivity index (χ2n) is 3.64. The van der Waals surface area contributed by atoms with Crippen LogP contribution in [0.2, 0.25) is 0 Å². The Morgan fingerprint density at radius 2 is 2.19 bits per heavy atom. The molecule has 0 aliphatic carbocycles. The van der Waals surface area contributed by atoms with Gasteiger partial charge in [-0.25, -0.2) is 4.98 Å². The minimum atomic E-state index is 0.657. The molecule has 1 aromatic rings. The Kier molecular flexibility index (Phi) is 6.19. The van der Waals surface area contributed by atoms with Gasteiger partial charge in [-0.3, -0.25) is 4.90 Å². The Morgan fingerprint density at radius 1 is 1.38 bits per heavy atom. The van der Waals surface area contributed by atoms with Crippen LogP contribution < -0.4 is 4.74 Å². The molecule has 0 bridgehead atoms. The van der Waals surface area contributed by atoms with E-state index in [0.717, 1.165) is 31.7 Å². The number of aromatic nitrogens is 1. The first kappa shape index (κ1) is 13.3. The summed E-state index contributed by atoms with van der Waals surface area (Å²) in [7, 11) is 1.63. The van der Waals surface area contributed by atoms with Gasteiger partial charge in [0.05, 0.1) is 12.8 Å². The Morgan fingerprint density at radius 3 is 2.81 bits per heavy atom. The van der Waals surface area contributed by atoms with Crippen LogP contribution in [-0.4, -0.2) is 36.0 Å². The van der Waals surface area contributed by atoms with Crippen molar-refractivity contribution < 1.29 is 4.74 Å². The molecule has 0 aromatic carbocycles. The maximum absolute atomic E-state index is 5.77. The summed E-state index contributed by atoms with van der Waals surface area (Å²) in [6.45, 7) is 4.94. The van der Waals surface area contributed by atoms with Crippen molar-refractivity contribution >= 4 is 11.6 Å². The van der Waals surface area contributed by atoms with Crippen LogP contribution in [0.3, 0.4) is 0 Å². The fourth-order valence-electron chi connectivity index (χ4n) is 1.59. The summed E-state index contributed by atoms with van der Waals surface area (Å²) >= 11 is 5.77. The fraction of sp³-hybridized carbons (Fsp3) is 0.583. The molecular weight excluding hydrogens is 224 g/mol. The van der Waals surface area contributed by atoms with Gasteiger partial charge in [0.15, 0.2) is 0 Å². The first-order valence-corrected chi connectivity index (χ1v) is 6.11. The van der Waals surface area contributed by atoms with Gasteiger partial charge in [-0.2, -0.15) is 0 Å². The lowest BCUT2D eigenvalue weighted by Gasteiger charge is -2.19. The molecule has 0 unspecified atom stereocenters. The zero-order chi connectivity index (χ0) is 11.8. The Balaban J connectivity index is 2.60. The van der Waals surface area contributed by atoms with Crippen LogP contribution in [0.25, 0.3) is 0 Å². The number of alkyl halides is 1. The molecule has 0 spiro atoms. The van der Waals surface area contributed by atoms with Gasteiger partial charge in [0.1, 0.15) is 0 Å². The predicted octanol–water partition coefficient (Wildman–Crippen LogP) is 2.54. The van der Waals surface area contributed by atoms with Crippen molar-refractivity contribution in [3.63, 3.8) is 0 Å². The molecular formula is C12H19ClN2O. The van der Waals surface area contributed by atoms with Crippen LogP contribution in [-0.2, 0) is 6.54 Å². The number of ether oxygens (including phenoxy) is 1. The third-order valence-electron chi connectivity index (χ3n) is 2.32. The van der Waals surface area contributed by atoms with E-state index in [4.69, 9.17) is 16.3 Å². The molecule has 1 aromatic heterocycles. The van der Waals surface area contributed by atoms with Gasteiger partial charge in [0.2, 0.25) is 5.88 Å². The lowest BCUT2D eigenvalue weighted by Crippen LogP contribution is -2.26. The quantitative estimate of drug-likeness (QED) is 0.687. The fourth-order valence-corrected chi connectivity index (χ4v) is 1.83. The van der Waals surface area contributed by atoms with Crippen molar-refractivity contribution in [1.82, 2.24) is 9.88 Å². The summed E-state index contributed by atoms with van der Waals surface area (Å²) in [5.41, 5.74) is 1.03. The molecule has 0 aliphatic heterocycles. The standard InChI is InChI=1S/C12H19ClN2O/c1-3-8-15(9-7-13)10-11-5-4-6-12(14-11)16-2/h4-6H,3,7-10H2,1-2H3. The Bertz CT molecular complexity index is 301. The molecule has 0 atom stereocenters. The molecule has 0 aliphatic rings. The smallest absolute Gasteiger partial charge is 0.213 e. The maximum Gasteiger partial charge on any atom is 0.213 e. The van der Waals surface area contributed by atoms with Crippen molar-refractivity contribution in [2.24, 2.45) is 0 Å². The number of hydrogen-bond donors (Lipinski definition) is 0. The minimum Gasteiger partial charge on any atom is -0.481 e. The minimum absolute atomic E-state index is 0.657. The highest BCUT2D eigenvalue weighted by molar-refractivity contribution is 6.18. The van der Waals surface area contributed by atoms with Gasteiger partial charge >= 0.3 is 0 Å². The molecule has 0 saturated carbocycles. The Labute approximate surface area is 102 Å².